The van der Waals surface area contributed by atoms with Gasteiger partial charge in [-0.05, 0) is 56.4 Å². The smallest absolute Gasteiger partial charge is 0.410 e. The van der Waals surface area contributed by atoms with Crippen LogP contribution in [0.1, 0.15) is 44.7 Å². The minimum absolute atomic E-state index is 0.0470. The Hall–Kier alpha value is -2.24. The summed E-state index contributed by atoms with van der Waals surface area (Å²) in [6.45, 7) is 8.94. The molecule has 2 heterocycles. The minimum atomic E-state index is -0.503. The molecule has 3 rings (SSSR count). The van der Waals surface area contributed by atoms with E-state index in [1.54, 1.807) is 4.90 Å². The SMILES string of the molecule is CC1CN(C(=O)OC(C)(C)C)CCc2cc3c(cc21)NC(=O)CO3. The second-order valence-corrected chi connectivity index (χ2v) is 7.46. The first kappa shape index (κ1) is 16.6. The number of amides is 2. The maximum Gasteiger partial charge on any atom is 0.410 e. The Morgan fingerprint density at radius 3 is 2.83 bits per heavy atom. The van der Waals surface area contributed by atoms with Gasteiger partial charge in [-0.2, -0.15) is 0 Å². The largest absolute Gasteiger partial charge is 0.482 e. The lowest BCUT2D eigenvalue weighted by Gasteiger charge is -2.27. The van der Waals surface area contributed by atoms with Crippen molar-refractivity contribution >= 4 is 17.7 Å². The van der Waals surface area contributed by atoms with E-state index in [0.29, 0.717) is 24.5 Å². The second-order valence-electron chi connectivity index (χ2n) is 7.46. The van der Waals surface area contributed by atoms with Crippen LogP contribution in [0.3, 0.4) is 0 Å². The maximum absolute atomic E-state index is 12.4. The van der Waals surface area contributed by atoms with Crippen molar-refractivity contribution in [2.75, 3.05) is 25.0 Å². The molecule has 1 atom stereocenters. The number of anilines is 1. The summed E-state index contributed by atoms with van der Waals surface area (Å²) >= 11 is 0. The standard InChI is InChI=1S/C18H24N2O4/c1-11-9-20(17(22)24-18(2,3)4)6-5-12-7-15-14(8-13(11)12)19-16(21)10-23-15/h7-8,11H,5-6,9-10H2,1-4H3,(H,19,21). The first-order valence-electron chi connectivity index (χ1n) is 8.30. The summed E-state index contributed by atoms with van der Waals surface area (Å²) in [4.78, 5) is 25.7. The highest BCUT2D eigenvalue weighted by atomic mass is 16.6. The molecule has 6 nitrogen and oxygen atoms in total. The fraction of sp³-hybridized carbons (Fsp3) is 0.556. The van der Waals surface area contributed by atoms with E-state index in [2.05, 4.69) is 12.2 Å². The Balaban J connectivity index is 1.83. The van der Waals surface area contributed by atoms with Crippen LogP contribution in [0, 0.1) is 0 Å². The zero-order valence-electron chi connectivity index (χ0n) is 14.6. The van der Waals surface area contributed by atoms with Crippen LogP contribution in [0.15, 0.2) is 12.1 Å². The van der Waals surface area contributed by atoms with E-state index in [0.717, 1.165) is 17.5 Å². The van der Waals surface area contributed by atoms with Gasteiger partial charge >= 0.3 is 6.09 Å². The number of hydrogen-bond acceptors (Lipinski definition) is 4. The van der Waals surface area contributed by atoms with Gasteiger partial charge in [0.05, 0.1) is 5.69 Å². The average Bonchev–Trinajstić information content (AvgIpc) is 2.63. The van der Waals surface area contributed by atoms with E-state index in [9.17, 15) is 9.59 Å². The number of nitrogens with zero attached hydrogens (tertiary/aromatic N) is 1. The van der Waals surface area contributed by atoms with Gasteiger partial charge in [-0.15, -0.1) is 0 Å². The van der Waals surface area contributed by atoms with E-state index in [-0.39, 0.29) is 24.5 Å². The molecule has 0 fully saturated rings. The van der Waals surface area contributed by atoms with Gasteiger partial charge in [-0.3, -0.25) is 4.79 Å². The highest BCUT2D eigenvalue weighted by Crippen LogP contribution is 2.36. The molecular formula is C18H24N2O4. The van der Waals surface area contributed by atoms with Gasteiger partial charge < -0.3 is 19.7 Å². The number of benzene rings is 1. The van der Waals surface area contributed by atoms with Crippen molar-refractivity contribution in [3.05, 3.63) is 23.3 Å². The number of nitrogens with one attached hydrogen (secondary N) is 1. The first-order valence-corrected chi connectivity index (χ1v) is 8.30. The lowest BCUT2D eigenvalue weighted by molar-refractivity contribution is -0.118. The van der Waals surface area contributed by atoms with E-state index in [4.69, 9.17) is 9.47 Å². The molecule has 130 valence electrons. The molecule has 0 saturated heterocycles. The van der Waals surface area contributed by atoms with Gasteiger partial charge in [0.1, 0.15) is 11.4 Å². The van der Waals surface area contributed by atoms with E-state index in [1.165, 1.54) is 0 Å². The Bertz CT molecular complexity index is 678. The number of carbonyl (C=O) groups excluding carboxylic acids is 2. The fourth-order valence-electron chi connectivity index (χ4n) is 3.13. The molecule has 0 aromatic heterocycles. The summed E-state index contributed by atoms with van der Waals surface area (Å²) in [7, 11) is 0. The molecule has 2 aliphatic heterocycles. The Labute approximate surface area is 142 Å². The first-order chi connectivity index (χ1) is 11.2. The van der Waals surface area contributed by atoms with Crippen LogP contribution in [0.4, 0.5) is 10.5 Å². The van der Waals surface area contributed by atoms with Crippen molar-refractivity contribution in [1.29, 1.82) is 0 Å². The van der Waals surface area contributed by atoms with Crippen LogP contribution >= 0.6 is 0 Å². The molecule has 0 saturated carbocycles. The average molecular weight is 332 g/mol. The molecule has 2 aliphatic rings. The summed E-state index contributed by atoms with van der Waals surface area (Å²) < 4.78 is 11.0. The zero-order chi connectivity index (χ0) is 17.5. The summed E-state index contributed by atoms with van der Waals surface area (Å²) in [5.74, 6) is 0.713. The highest BCUT2D eigenvalue weighted by molar-refractivity contribution is 5.95. The van der Waals surface area contributed by atoms with Crippen molar-refractivity contribution in [3.63, 3.8) is 0 Å². The summed E-state index contributed by atoms with van der Waals surface area (Å²) in [6.07, 6.45) is 0.459. The van der Waals surface area contributed by atoms with E-state index >= 15 is 0 Å². The number of carbonyl (C=O) groups is 2. The molecule has 6 heteroatoms. The third-order valence-corrected chi connectivity index (χ3v) is 4.20. The van der Waals surface area contributed by atoms with Gasteiger partial charge in [0.25, 0.3) is 5.91 Å². The third kappa shape index (κ3) is 3.47. The number of hydrogen-bond donors (Lipinski definition) is 1. The molecule has 0 radical (unpaired) electrons. The van der Waals surface area contributed by atoms with Gasteiger partial charge in [0.15, 0.2) is 6.61 Å². The van der Waals surface area contributed by atoms with Crippen molar-refractivity contribution in [2.45, 2.75) is 45.6 Å². The Morgan fingerprint density at radius 2 is 2.12 bits per heavy atom. The molecule has 0 aliphatic carbocycles. The van der Waals surface area contributed by atoms with Crippen LogP contribution in [0.5, 0.6) is 5.75 Å². The molecule has 1 N–H and O–H groups in total. The topological polar surface area (TPSA) is 67.9 Å². The highest BCUT2D eigenvalue weighted by Gasteiger charge is 2.29. The van der Waals surface area contributed by atoms with Crippen LogP contribution in [-0.2, 0) is 16.0 Å². The van der Waals surface area contributed by atoms with Crippen molar-refractivity contribution in [3.8, 4) is 5.75 Å². The predicted octanol–water partition coefficient (Wildman–Crippen LogP) is 2.91. The van der Waals surface area contributed by atoms with Crippen LogP contribution < -0.4 is 10.1 Å². The van der Waals surface area contributed by atoms with Gasteiger partial charge in [-0.1, -0.05) is 6.92 Å². The maximum atomic E-state index is 12.4. The Kier molecular flexibility index (Phi) is 4.15. The van der Waals surface area contributed by atoms with E-state index in [1.807, 2.05) is 32.9 Å². The predicted molar refractivity (Wildman–Crippen MR) is 90.5 cm³/mol. The summed E-state index contributed by atoms with van der Waals surface area (Å²) in [6, 6.07) is 3.96. The Morgan fingerprint density at radius 1 is 1.38 bits per heavy atom. The third-order valence-electron chi connectivity index (χ3n) is 4.20. The second kappa shape index (κ2) is 6.00. The van der Waals surface area contributed by atoms with Crippen LogP contribution in [0.2, 0.25) is 0 Å². The minimum Gasteiger partial charge on any atom is -0.482 e. The summed E-state index contributed by atoms with van der Waals surface area (Å²) in [5.41, 5.74) is 2.51. The normalized spacial score (nSPS) is 20.2. The quantitative estimate of drug-likeness (QED) is 0.793. The molecule has 1 unspecified atom stereocenters. The number of ether oxygens (including phenoxy) is 2. The molecule has 1 aromatic carbocycles. The van der Waals surface area contributed by atoms with Crippen LogP contribution in [0.25, 0.3) is 0 Å². The van der Waals surface area contributed by atoms with Crippen molar-refractivity contribution in [1.82, 2.24) is 4.90 Å². The van der Waals surface area contributed by atoms with Crippen LogP contribution in [-0.4, -0.2) is 42.2 Å². The van der Waals surface area contributed by atoms with Gasteiger partial charge in [0, 0.05) is 13.1 Å². The lowest BCUT2D eigenvalue weighted by Crippen LogP contribution is -2.38. The molecule has 24 heavy (non-hydrogen) atoms. The van der Waals surface area contributed by atoms with Crippen molar-refractivity contribution < 1.29 is 19.1 Å². The molecule has 0 spiro atoms. The lowest BCUT2D eigenvalue weighted by atomic mass is 9.94. The number of rotatable bonds is 0. The number of fused-ring (bicyclic) bond motifs is 2. The monoisotopic (exact) mass is 332 g/mol. The fourth-order valence-corrected chi connectivity index (χ4v) is 3.13. The summed E-state index contributed by atoms with van der Waals surface area (Å²) in [5, 5.41) is 2.85. The molecule has 0 bridgehead atoms. The zero-order valence-corrected chi connectivity index (χ0v) is 14.6. The van der Waals surface area contributed by atoms with Gasteiger partial charge in [0.2, 0.25) is 0 Å². The van der Waals surface area contributed by atoms with Crippen molar-refractivity contribution in [2.24, 2.45) is 0 Å². The van der Waals surface area contributed by atoms with Gasteiger partial charge in [-0.25, -0.2) is 4.79 Å². The molecular weight excluding hydrogens is 308 g/mol. The van der Waals surface area contributed by atoms with E-state index < -0.39 is 5.60 Å². The molecule has 1 aromatic rings. The molecule has 2 amide bonds.